The lowest BCUT2D eigenvalue weighted by Gasteiger charge is -2.15. The Kier molecular flexibility index (Phi) is 4.75. The largest absolute Gasteiger partial charge is 0.496 e. The van der Waals surface area contributed by atoms with Crippen LogP contribution in [0.25, 0.3) is 0 Å². The molecule has 0 aromatic heterocycles. The van der Waals surface area contributed by atoms with Crippen molar-refractivity contribution in [2.24, 2.45) is 0 Å². The molecule has 1 N–H and O–H groups in total. The van der Waals surface area contributed by atoms with Crippen molar-refractivity contribution in [3.05, 3.63) is 53.1 Å². The van der Waals surface area contributed by atoms with Crippen LogP contribution in [0.15, 0.2) is 52.3 Å². The zero-order valence-electron chi connectivity index (χ0n) is 10.8. The second-order valence-corrected chi connectivity index (χ2v) is 5.66. The van der Waals surface area contributed by atoms with Crippen LogP contribution in [0.4, 0.5) is 0 Å². The number of benzene rings is 2. The van der Waals surface area contributed by atoms with Crippen molar-refractivity contribution in [2.75, 3.05) is 7.11 Å². The van der Waals surface area contributed by atoms with E-state index >= 15 is 0 Å². The summed E-state index contributed by atoms with van der Waals surface area (Å²) in [6.07, 6.45) is -0.578. The molecule has 0 aliphatic rings. The van der Waals surface area contributed by atoms with Crippen LogP contribution in [0.3, 0.4) is 0 Å². The van der Waals surface area contributed by atoms with E-state index < -0.39 is 6.10 Å². The minimum absolute atomic E-state index is 0.578. The zero-order valence-corrected chi connectivity index (χ0v) is 12.3. The number of aliphatic hydroxyl groups excluding tert-OH is 1. The van der Waals surface area contributed by atoms with Gasteiger partial charge in [-0.3, -0.25) is 0 Å². The Morgan fingerprint density at radius 1 is 1.16 bits per heavy atom. The number of methoxy groups -OCH3 is 1. The summed E-state index contributed by atoms with van der Waals surface area (Å²) in [4.78, 5) is 2.05. The van der Waals surface area contributed by atoms with Gasteiger partial charge in [-0.25, -0.2) is 0 Å². The number of halogens is 1. The van der Waals surface area contributed by atoms with Crippen LogP contribution in [0.2, 0.25) is 5.02 Å². The molecular formula is C15H15ClO2S. The highest BCUT2D eigenvalue weighted by molar-refractivity contribution is 7.99. The van der Waals surface area contributed by atoms with Crippen molar-refractivity contribution in [1.29, 1.82) is 0 Å². The molecule has 0 saturated carbocycles. The van der Waals surface area contributed by atoms with Crippen molar-refractivity contribution >= 4 is 23.4 Å². The molecule has 0 amide bonds. The minimum atomic E-state index is -0.578. The Balaban J connectivity index is 2.36. The van der Waals surface area contributed by atoms with Gasteiger partial charge in [-0.15, -0.1) is 0 Å². The van der Waals surface area contributed by atoms with E-state index in [1.807, 2.05) is 42.5 Å². The molecule has 0 spiro atoms. The number of ether oxygens (including phenoxy) is 1. The lowest BCUT2D eigenvalue weighted by molar-refractivity contribution is 0.191. The van der Waals surface area contributed by atoms with Crippen LogP contribution in [0.1, 0.15) is 18.6 Å². The molecule has 1 atom stereocenters. The molecule has 0 heterocycles. The Hall–Kier alpha value is -1.16. The molecule has 0 radical (unpaired) electrons. The maximum Gasteiger partial charge on any atom is 0.125 e. The first kappa shape index (κ1) is 14.3. The molecule has 0 bridgehead atoms. The standard InChI is InChI=1S/C15H15ClO2S/c1-10(17)15-13(18-2)4-3-5-14(15)19-12-8-6-11(16)7-9-12/h3-10,17H,1-2H3. The summed E-state index contributed by atoms with van der Waals surface area (Å²) in [6, 6.07) is 13.4. The lowest BCUT2D eigenvalue weighted by atomic mass is 10.1. The quantitative estimate of drug-likeness (QED) is 0.897. The summed E-state index contributed by atoms with van der Waals surface area (Å²) in [5.74, 6) is 0.703. The van der Waals surface area contributed by atoms with E-state index in [0.717, 1.165) is 15.4 Å². The van der Waals surface area contributed by atoms with Gasteiger partial charge in [0.2, 0.25) is 0 Å². The number of aliphatic hydroxyl groups is 1. The molecule has 0 saturated heterocycles. The van der Waals surface area contributed by atoms with E-state index in [2.05, 4.69) is 0 Å². The maximum absolute atomic E-state index is 9.92. The molecule has 0 fully saturated rings. The van der Waals surface area contributed by atoms with Crippen LogP contribution in [0.5, 0.6) is 5.75 Å². The van der Waals surface area contributed by atoms with Crippen molar-refractivity contribution in [1.82, 2.24) is 0 Å². The average Bonchev–Trinajstić information content (AvgIpc) is 2.40. The van der Waals surface area contributed by atoms with Crippen LogP contribution >= 0.6 is 23.4 Å². The molecule has 2 rings (SSSR count). The van der Waals surface area contributed by atoms with Crippen molar-refractivity contribution in [3.8, 4) is 5.75 Å². The summed E-state index contributed by atoms with van der Waals surface area (Å²) in [5.41, 5.74) is 0.810. The highest BCUT2D eigenvalue weighted by atomic mass is 35.5. The molecule has 2 nitrogen and oxygen atoms in total. The van der Waals surface area contributed by atoms with Gasteiger partial charge < -0.3 is 9.84 Å². The summed E-state index contributed by atoms with van der Waals surface area (Å²) in [6.45, 7) is 1.74. The fourth-order valence-corrected chi connectivity index (χ4v) is 3.01. The minimum Gasteiger partial charge on any atom is -0.496 e. The first-order valence-electron chi connectivity index (χ1n) is 5.90. The second kappa shape index (κ2) is 6.33. The number of rotatable bonds is 4. The van der Waals surface area contributed by atoms with E-state index in [4.69, 9.17) is 16.3 Å². The monoisotopic (exact) mass is 294 g/mol. The van der Waals surface area contributed by atoms with Gasteiger partial charge in [0.25, 0.3) is 0 Å². The maximum atomic E-state index is 9.92. The zero-order chi connectivity index (χ0) is 13.8. The van der Waals surface area contributed by atoms with Gasteiger partial charge in [0.1, 0.15) is 5.75 Å². The SMILES string of the molecule is COc1cccc(Sc2ccc(Cl)cc2)c1C(C)O. The van der Waals surface area contributed by atoms with E-state index in [1.165, 1.54) is 0 Å². The summed E-state index contributed by atoms with van der Waals surface area (Å²) in [5, 5.41) is 10.6. The van der Waals surface area contributed by atoms with Crippen molar-refractivity contribution in [3.63, 3.8) is 0 Å². The number of hydrogen-bond donors (Lipinski definition) is 1. The van der Waals surface area contributed by atoms with Crippen LogP contribution < -0.4 is 4.74 Å². The average molecular weight is 295 g/mol. The van der Waals surface area contributed by atoms with E-state index in [-0.39, 0.29) is 0 Å². The van der Waals surface area contributed by atoms with Crippen LogP contribution in [0, 0.1) is 0 Å². The molecular weight excluding hydrogens is 280 g/mol. The van der Waals surface area contributed by atoms with Gasteiger partial charge >= 0.3 is 0 Å². The molecule has 100 valence electrons. The van der Waals surface area contributed by atoms with Gasteiger partial charge in [-0.05, 0) is 43.3 Å². The Bertz CT molecular complexity index is 553. The van der Waals surface area contributed by atoms with Gasteiger partial charge in [0.15, 0.2) is 0 Å². The fourth-order valence-electron chi connectivity index (χ4n) is 1.83. The predicted octanol–water partition coefficient (Wildman–Crippen LogP) is 4.55. The normalized spacial score (nSPS) is 12.2. The van der Waals surface area contributed by atoms with E-state index in [0.29, 0.717) is 10.8 Å². The number of hydrogen-bond acceptors (Lipinski definition) is 3. The third kappa shape index (κ3) is 3.44. The third-order valence-electron chi connectivity index (χ3n) is 2.71. The van der Waals surface area contributed by atoms with Crippen LogP contribution in [-0.2, 0) is 0 Å². The molecule has 0 aliphatic heterocycles. The highest BCUT2D eigenvalue weighted by Gasteiger charge is 2.14. The first-order chi connectivity index (χ1) is 9.11. The van der Waals surface area contributed by atoms with Crippen molar-refractivity contribution < 1.29 is 9.84 Å². The molecule has 1 unspecified atom stereocenters. The predicted molar refractivity (Wildman–Crippen MR) is 79.2 cm³/mol. The first-order valence-corrected chi connectivity index (χ1v) is 7.09. The Morgan fingerprint density at radius 3 is 2.42 bits per heavy atom. The topological polar surface area (TPSA) is 29.5 Å². The lowest BCUT2D eigenvalue weighted by Crippen LogP contribution is -1.98. The summed E-state index contributed by atoms with van der Waals surface area (Å²) in [7, 11) is 1.61. The molecule has 2 aromatic carbocycles. The van der Waals surface area contributed by atoms with Crippen LogP contribution in [-0.4, -0.2) is 12.2 Å². The van der Waals surface area contributed by atoms with Gasteiger partial charge in [-0.2, -0.15) is 0 Å². The third-order valence-corrected chi connectivity index (χ3v) is 4.04. The summed E-state index contributed by atoms with van der Waals surface area (Å²) < 4.78 is 5.31. The van der Waals surface area contributed by atoms with Gasteiger partial charge in [-0.1, -0.05) is 29.4 Å². The summed E-state index contributed by atoms with van der Waals surface area (Å²) >= 11 is 7.46. The molecule has 19 heavy (non-hydrogen) atoms. The van der Waals surface area contributed by atoms with E-state index in [9.17, 15) is 5.11 Å². The fraction of sp³-hybridized carbons (Fsp3) is 0.200. The molecule has 0 aliphatic carbocycles. The molecule has 4 heteroatoms. The van der Waals surface area contributed by atoms with Gasteiger partial charge in [0.05, 0.1) is 13.2 Å². The smallest absolute Gasteiger partial charge is 0.125 e. The molecule has 2 aromatic rings. The van der Waals surface area contributed by atoms with Gasteiger partial charge in [0, 0.05) is 20.4 Å². The van der Waals surface area contributed by atoms with Crippen molar-refractivity contribution in [2.45, 2.75) is 22.8 Å². The second-order valence-electron chi connectivity index (χ2n) is 4.10. The highest BCUT2D eigenvalue weighted by Crippen LogP contribution is 2.38. The van der Waals surface area contributed by atoms with E-state index in [1.54, 1.807) is 25.8 Å². The Labute approximate surface area is 122 Å². The Morgan fingerprint density at radius 2 is 1.84 bits per heavy atom.